The largest absolute Gasteiger partial charge is 0.497 e. The number of amides is 1. The van der Waals surface area contributed by atoms with Gasteiger partial charge in [0.1, 0.15) is 11.5 Å². The molecule has 2 atom stereocenters. The van der Waals surface area contributed by atoms with Crippen molar-refractivity contribution in [1.29, 1.82) is 0 Å². The van der Waals surface area contributed by atoms with E-state index < -0.39 is 6.10 Å². The highest BCUT2D eigenvalue weighted by atomic mass is 16.5. The maximum Gasteiger partial charge on any atom is 0.260 e. The number of ether oxygens (including phenoxy) is 2. The number of carbonyl (C=O) groups is 2. The third-order valence-electron chi connectivity index (χ3n) is 3.24. The Balaban J connectivity index is 2.89. The van der Waals surface area contributed by atoms with Crippen LogP contribution in [0.15, 0.2) is 18.2 Å². The Morgan fingerprint density at radius 3 is 2.48 bits per heavy atom. The van der Waals surface area contributed by atoms with Gasteiger partial charge in [-0.2, -0.15) is 0 Å². The van der Waals surface area contributed by atoms with Gasteiger partial charge in [0.25, 0.3) is 5.91 Å². The Bertz CT molecular complexity index is 513. The van der Waals surface area contributed by atoms with Crippen molar-refractivity contribution < 1.29 is 19.1 Å². The van der Waals surface area contributed by atoms with Crippen molar-refractivity contribution >= 4 is 11.7 Å². The maximum atomic E-state index is 12.0. The summed E-state index contributed by atoms with van der Waals surface area (Å²) in [4.78, 5) is 23.6. The minimum Gasteiger partial charge on any atom is -0.497 e. The molecule has 0 spiro atoms. The normalized spacial score (nSPS) is 13.2. The van der Waals surface area contributed by atoms with E-state index in [2.05, 4.69) is 5.32 Å². The molecule has 0 fully saturated rings. The summed E-state index contributed by atoms with van der Waals surface area (Å²) in [6.45, 7) is 7.03. The van der Waals surface area contributed by atoms with Gasteiger partial charge >= 0.3 is 0 Å². The Morgan fingerprint density at radius 1 is 1.29 bits per heavy atom. The van der Waals surface area contributed by atoms with Gasteiger partial charge in [-0.1, -0.05) is 6.92 Å². The van der Waals surface area contributed by atoms with Gasteiger partial charge in [0.05, 0.1) is 12.7 Å². The first-order valence-electron chi connectivity index (χ1n) is 7.05. The first-order chi connectivity index (χ1) is 9.88. The fourth-order valence-corrected chi connectivity index (χ4v) is 1.72. The lowest BCUT2D eigenvalue weighted by atomic mass is 10.1. The summed E-state index contributed by atoms with van der Waals surface area (Å²) in [5, 5.41) is 2.85. The lowest BCUT2D eigenvalue weighted by Gasteiger charge is -2.19. The molecule has 0 aromatic heterocycles. The van der Waals surface area contributed by atoms with E-state index in [9.17, 15) is 9.59 Å². The smallest absolute Gasteiger partial charge is 0.260 e. The van der Waals surface area contributed by atoms with Gasteiger partial charge in [0.2, 0.25) is 0 Å². The minimum atomic E-state index is -0.691. The number of nitrogens with one attached hydrogen (secondary N) is 1. The van der Waals surface area contributed by atoms with Crippen molar-refractivity contribution in [3.63, 3.8) is 0 Å². The molecule has 5 heteroatoms. The predicted octanol–water partition coefficient (Wildman–Crippen LogP) is 2.58. The monoisotopic (exact) mass is 293 g/mol. The number of hydrogen-bond donors (Lipinski definition) is 1. The summed E-state index contributed by atoms with van der Waals surface area (Å²) in [6, 6.07) is 5.02. The topological polar surface area (TPSA) is 64.6 Å². The third-order valence-corrected chi connectivity index (χ3v) is 3.24. The van der Waals surface area contributed by atoms with Gasteiger partial charge in [-0.3, -0.25) is 9.59 Å². The first-order valence-corrected chi connectivity index (χ1v) is 7.05. The molecular formula is C16H23NO4. The summed E-state index contributed by atoms with van der Waals surface area (Å²) < 4.78 is 10.8. The van der Waals surface area contributed by atoms with Crippen LogP contribution >= 0.6 is 0 Å². The number of carbonyl (C=O) groups excluding carboxylic acids is 2. The van der Waals surface area contributed by atoms with E-state index in [1.807, 2.05) is 13.8 Å². The molecule has 0 saturated carbocycles. The molecule has 2 unspecified atom stereocenters. The number of rotatable bonds is 7. The zero-order valence-electron chi connectivity index (χ0n) is 13.2. The molecule has 0 saturated heterocycles. The van der Waals surface area contributed by atoms with E-state index in [0.29, 0.717) is 17.1 Å². The van der Waals surface area contributed by atoms with Gasteiger partial charge in [-0.25, -0.2) is 0 Å². The highest BCUT2D eigenvalue weighted by Crippen LogP contribution is 2.26. The van der Waals surface area contributed by atoms with Crippen LogP contribution in [0.1, 0.15) is 44.5 Å². The lowest BCUT2D eigenvalue weighted by Crippen LogP contribution is -2.41. The molecule has 5 nitrogen and oxygen atoms in total. The van der Waals surface area contributed by atoms with Crippen LogP contribution in [0.5, 0.6) is 11.5 Å². The molecule has 1 aromatic carbocycles. The number of methoxy groups -OCH3 is 1. The molecule has 0 heterocycles. The van der Waals surface area contributed by atoms with E-state index >= 15 is 0 Å². The maximum absolute atomic E-state index is 12.0. The molecule has 0 radical (unpaired) electrons. The van der Waals surface area contributed by atoms with Gasteiger partial charge in [0.15, 0.2) is 11.9 Å². The zero-order valence-corrected chi connectivity index (χ0v) is 13.2. The first kappa shape index (κ1) is 17.0. The second-order valence-corrected chi connectivity index (χ2v) is 5.00. The fraction of sp³-hybridized carbons (Fsp3) is 0.500. The van der Waals surface area contributed by atoms with E-state index in [0.717, 1.165) is 6.42 Å². The van der Waals surface area contributed by atoms with Crippen molar-refractivity contribution in [3.05, 3.63) is 23.8 Å². The van der Waals surface area contributed by atoms with Crippen LogP contribution in [0, 0.1) is 0 Å². The number of benzene rings is 1. The van der Waals surface area contributed by atoms with Gasteiger partial charge in [-0.05, 0) is 39.3 Å². The van der Waals surface area contributed by atoms with E-state index in [1.54, 1.807) is 25.1 Å². The molecule has 116 valence electrons. The number of hydrogen-bond acceptors (Lipinski definition) is 4. The molecular weight excluding hydrogens is 270 g/mol. The average molecular weight is 293 g/mol. The summed E-state index contributed by atoms with van der Waals surface area (Å²) in [6.07, 6.45) is 0.153. The Labute approximate surface area is 125 Å². The molecule has 0 aliphatic carbocycles. The lowest BCUT2D eigenvalue weighted by molar-refractivity contribution is -0.127. The predicted molar refractivity (Wildman–Crippen MR) is 81.0 cm³/mol. The van der Waals surface area contributed by atoms with Crippen LogP contribution in [0.3, 0.4) is 0 Å². The molecule has 0 aliphatic heterocycles. The Kier molecular flexibility index (Phi) is 6.21. The second-order valence-electron chi connectivity index (χ2n) is 5.00. The van der Waals surface area contributed by atoms with E-state index in [4.69, 9.17) is 9.47 Å². The van der Waals surface area contributed by atoms with Gasteiger partial charge in [-0.15, -0.1) is 0 Å². The number of ketones is 1. The highest BCUT2D eigenvalue weighted by Gasteiger charge is 2.19. The van der Waals surface area contributed by atoms with E-state index in [1.165, 1.54) is 14.0 Å². The Hall–Kier alpha value is -2.04. The van der Waals surface area contributed by atoms with Gasteiger partial charge in [0, 0.05) is 12.1 Å². The average Bonchev–Trinajstić information content (AvgIpc) is 2.46. The molecule has 1 N–H and O–H groups in total. The van der Waals surface area contributed by atoms with Gasteiger partial charge < -0.3 is 14.8 Å². The molecule has 21 heavy (non-hydrogen) atoms. The van der Waals surface area contributed by atoms with E-state index in [-0.39, 0.29) is 17.7 Å². The summed E-state index contributed by atoms with van der Waals surface area (Å²) in [5.74, 6) is 0.599. The molecule has 0 aliphatic rings. The van der Waals surface area contributed by atoms with Crippen LogP contribution in [0.2, 0.25) is 0 Å². The summed E-state index contributed by atoms with van der Waals surface area (Å²) >= 11 is 0. The fourth-order valence-electron chi connectivity index (χ4n) is 1.72. The van der Waals surface area contributed by atoms with Crippen LogP contribution in [-0.2, 0) is 4.79 Å². The van der Waals surface area contributed by atoms with Crippen molar-refractivity contribution in [2.45, 2.75) is 46.3 Å². The standard InChI is InChI=1S/C16H23NO4/c1-6-10(2)17-16(19)12(4)21-15-9-13(20-5)7-8-14(15)11(3)18/h7-10,12H,6H2,1-5H3,(H,17,19). The van der Waals surface area contributed by atoms with Crippen LogP contribution in [0.25, 0.3) is 0 Å². The molecule has 0 bridgehead atoms. The van der Waals surface area contributed by atoms with Crippen LogP contribution in [0.4, 0.5) is 0 Å². The second kappa shape index (κ2) is 7.67. The van der Waals surface area contributed by atoms with Crippen molar-refractivity contribution in [2.24, 2.45) is 0 Å². The molecule has 1 rings (SSSR count). The minimum absolute atomic E-state index is 0.0844. The van der Waals surface area contributed by atoms with Crippen molar-refractivity contribution in [3.8, 4) is 11.5 Å². The molecule has 1 aromatic rings. The van der Waals surface area contributed by atoms with Crippen LogP contribution in [-0.4, -0.2) is 30.9 Å². The quantitative estimate of drug-likeness (QED) is 0.785. The van der Waals surface area contributed by atoms with Crippen LogP contribution < -0.4 is 14.8 Å². The van der Waals surface area contributed by atoms with Crippen molar-refractivity contribution in [1.82, 2.24) is 5.32 Å². The van der Waals surface area contributed by atoms with Crippen molar-refractivity contribution in [2.75, 3.05) is 7.11 Å². The SMILES string of the molecule is CCC(C)NC(=O)C(C)Oc1cc(OC)ccc1C(C)=O. The molecule has 1 amide bonds. The highest BCUT2D eigenvalue weighted by molar-refractivity contribution is 5.97. The number of Topliss-reactive ketones (excluding diaryl/α,β-unsaturated/α-hetero) is 1. The Morgan fingerprint density at radius 2 is 1.95 bits per heavy atom. The third kappa shape index (κ3) is 4.77. The zero-order chi connectivity index (χ0) is 16.0. The summed E-state index contributed by atoms with van der Waals surface area (Å²) in [7, 11) is 1.53. The summed E-state index contributed by atoms with van der Waals surface area (Å²) in [5.41, 5.74) is 0.430.